The van der Waals surface area contributed by atoms with E-state index in [4.69, 9.17) is 5.11 Å². The molecule has 0 bridgehead atoms. The lowest BCUT2D eigenvalue weighted by Gasteiger charge is -2.17. The Kier molecular flexibility index (Phi) is 3.23. The number of hydrogen-bond donors (Lipinski definition) is 1. The van der Waals surface area contributed by atoms with Crippen LogP contribution >= 0.6 is 0 Å². The van der Waals surface area contributed by atoms with Gasteiger partial charge in [-0.1, -0.05) is 18.2 Å². The smallest absolute Gasteiger partial charge is 0.354 e. The number of aryl methyl sites for hydroxylation is 1. The van der Waals surface area contributed by atoms with Crippen molar-refractivity contribution in [2.75, 3.05) is 11.9 Å². The van der Waals surface area contributed by atoms with Crippen molar-refractivity contribution in [2.24, 2.45) is 0 Å². The average Bonchev–Trinajstić information content (AvgIpc) is 2.38. The number of para-hydroxylation sites is 1. The molecule has 2 aromatic rings. The van der Waals surface area contributed by atoms with Crippen LogP contribution in [0.2, 0.25) is 0 Å². The van der Waals surface area contributed by atoms with Gasteiger partial charge in [0.25, 0.3) is 0 Å². The summed E-state index contributed by atoms with van der Waals surface area (Å²) in [5.41, 5.74) is 1.53. The quantitative estimate of drug-likeness (QED) is 0.895. The third-order valence-electron chi connectivity index (χ3n) is 2.51. The molecule has 1 heterocycles. The molecular formula is C13H13N3O2. The molecule has 0 spiro atoms. The van der Waals surface area contributed by atoms with Gasteiger partial charge in [0.05, 0.1) is 0 Å². The maximum Gasteiger partial charge on any atom is 0.354 e. The van der Waals surface area contributed by atoms with Gasteiger partial charge >= 0.3 is 5.97 Å². The number of carbonyl (C=O) groups is 1. The molecule has 1 N–H and O–H groups in total. The second kappa shape index (κ2) is 4.83. The maximum absolute atomic E-state index is 11.0. The van der Waals surface area contributed by atoms with Gasteiger partial charge in [-0.15, -0.1) is 0 Å². The molecule has 0 aliphatic heterocycles. The van der Waals surface area contributed by atoms with Crippen molar-refractivity contribution >= 4 is 17.6 Å². The van der Waals surface area contributed by atoms with E-state index in [9.17, 15) is 4.79 Å². The fourth-order valence-electron chi connectivity index (χ4n) is 1.58. The summed E-state index contributed by atoms with van der Waals surface area (Å²) in [5, 5.41) is 8.98. The molecule has 0 aliphatic rings. The monoisotopic (exact) mass is 243 g/mol. The molecule has 5 nitrogen and oxygen atoms in total. The van der Waals surface area contributed by atoms with Crippen molar-refractivity contribution in [1.82, 2.24) is 9.97 Å². The van der Waals surface area contributed by atoms with E-state index in [0.29, 0.717) is 11.6 Å². The highest BCUT2D eigenvalue weighted by Crippen LogP contribution is 2.19. The zero-order valence-electron chi connectivity index (χ0n) is 10.2. The summed E-state index contributed by atoms with van der Waals surface area (Å²) in [6, 6.07) is 11.0. The number of carboxylic acids is 1. The normalized spacial score (nSPS) is 10.1. The Morgan fingerprint density at radius 3 is 2.50 bits per heavy atom. The van der Waals surface area contributed by atoms with Gasteiger partial charge in [0.1, 0.15) is 0 Å². The predicted octanol–water partition coefficient (Wildman–Crippen LogP) is 2.25. The van der Waals surface area contributed by atoms with Crippen molar-refractivity contribution in [1.29, 1.82) is 0 Å². The second-order valence-corrected chi connectivity index (χ2v) is 3.89. The van der Waals surface area contributed by atoms with Gasteiger partial charge in [0.2, 0.25) is 5.95 Å². The molecule has 0 aliphatic carbocycles. The van der Waals surface area contributed by atoms with Gasteiger partial charge < -0.3 is 10.0 Å². The minimum absolute atomic E-state index is 0.000260. The number of benzene rings is 1. The summed E-state index contributed by atoms with van der Waals surface area (Å²) >= 11 is 0. The molecule has 0 saturated carbocycles. The molecule has 5 heteroatoms. The molecule has 2 rings (SSSR count). The SMILES string of the molecule is Cc1cc(C(=O)O)nc(N(C)c2ccccc2)n1. The van der Waals surface area contributed by atoms with Crippen LogP contribution < -0.4 is 4.90 Å². The van der Waals surface area contributed by atoms with Crippen LogP contribution in [0.25, 0.3) is 0 Å². The highest BCUT2D eigenvalue weighted by atomic mass is 16.4. The summed E-state index contributed by atoms with van der Waals surface area (Å²) in [4.78, 5) is 21.0. The van der Waals surface area contributed by atoms with Crippen LogP contribution in [0.5, 0.6) is 0 Å². The van der Waals surface area contributed by atoms with E-state index < -0.39 is 5.97 Å². The van der Waals surface area contributed by atoms with Crippen LogP contribution in [0.4, 0.5) is 11.6 Å². The molecule has 0 amide bonds. The summed E-state index contributed by atoms with van der Waals surface area (Å²) in [6.45, 7) is 1.75. The van der Waals surface area contributed by atoms with Crippen molar-refractivity contribution < 1.29 is 9.90 Å². The second-order valence-electron chi connectivity index (χ2n) is 3.89. The molecule has 0 unspecified atom stereocenters. The molecule has 0 radical (unpaired) electrons. The minimum atomic E-state index is -1.05. The number of aromatic carboxylic acids is 1. The highest BCUT2D eigenvalue weighted by Gasteiger charge is 2.12. The van der Waals surface area contributed by atoms with E-state index in [2.05, 4.69) is 9.97 Å². The van der Waals surface area contributed by atoms with Crippen LogP contribution in [-0.4, -0.2) is 28.1 Å². The number of hydrogen-bond acceptors (Lipinski definition) is 4. The van der Waals surface area contributed by atoms with Crippen molar-refractivity contribution in [3.63, 3.8) is 0 Å². The Hall–Kier alpha value is -2.43. The molecular weight excluding hydrogens is 230 g/mol. The van der Waals surface area contributed by atoms with Crippen LogP contribution in [0.15, 0.2) is 36.4 Å². The summed E-state index contributed by atoms with van der Waals surface area (Å²) in [6.07, 6.45) is 0. The molecule has 0 atom stereocenters. The topological polar surface area (TPSA) is 66.3 Å². The first-order chi connectivity index (χ1) is 8.58. The Morgan fingerprint density at radius 1 is 1.22 bits per heavy atom. The molecule has 18 heavy (non-hydrogen) atoms. The number of rotatable bonds is 3. The third kappa shape index (κ3) is 2.45. The maximum atomic E-state index is 11.0. The third-order valence-corrected chi connectivity index (χ3v) is 2.51. The molecule has 92 valence electrons. The average molecular weight is 243 g/mol. The number of carboxylic acid groups (broad SMARTS) is 1. The number of nitrogens with zero attached hydrogens (tertiary/aromatic N) is 3. The predicted molar refractivity (Wildman–Crippen MR) is 68.2 cm³/mol. The van der Waals surface area contributed by atoms with E-state index in [1.54, 1.807) is 18.9 Å². The lowest BCUT2D eigenvalue weighted by Crippen LogP contribution is -2.15. The van der Waals surface area contributed by atoms with Gasteiger partial charge in [-0.2, -0.15) is 0 Å². The van der Waals surface area contributed by atoms with E-state index in [1.165, 1.54) is 6.07 Å². The Bertz CT molecular complexity index is 570. The van der Waals surface area contributed by atoms with E-state index in [-0.39, 0.29) is 5.69 Å². The summed E-state index contributed by atoms with van der Waals surface area (Å²) < 4.78 is 0. The molecule has 0 fully saturated rings. The fourth-order valence-corrected chi connectivity index (χ4v) is 1.58. The highest BCUT2D eigenvalue weighted by molar-refractivity contribution is 5.85. The molecule has 1 aromatic heterocycles. The number of anilines is 2. The van der Waals surface area contributed by atoms with Crippen molar-refractivity contribution in [3.8, 4) is 0 Å². The van der Waals surface area contributed by atoms with E-state index >= 15 is 0 Å². The van der Waals surface area contributed by atoms with E-state index in [0.717, 1.165) is 5.69 Å². The fraction of sp³-hybridized carbons (Fsp3) is 0.154. The van der Waals surface area contributed by atoms with Crippen molar-refractivity contribution in [3.05, 3.63) is 47.8 Å². The van der Waals surface area contributed by atoms with Gasteiger partial charge in [-0.25, -0.2) is 14.8 Å². The lowest BCUT2D eigenvalue weighted by atomic mass is 10.3. The van der Waals surface area contributed by atoms with Crippen LogP contribution in [0.1, 0.15) is 16.2 Å². The standard InChI is InChI=1S/C13H13N3O2/c1-9-8-11(12(17)18)15-13(14-9)16(2)10-6-4-3-5-7-10/h3-8H,1-2H3,(H,17,18). The number of aromatic nitrogens is 2. The summed E-state index contributed by atoms with van der Waals surface area (Å²) in [7, 11) is 1.80. The van der Waals surface area contributed by atoms with Gasteiger partial charge in [0.15, 0.2) is 5.69 Å². The molecule has 0 saturated heterocycles. The van der Waals surface area contributed by atoms with Crippen LogP contribution in [-0.2, 0) is 0 Å². The van der Waals surface area contributed by atoms with Crippen LogP contribution in [0.3, 0.4) is 0 Å². The first kappa shape index (κ1) is 12.0. The zero-order valence-corrected chi connectivity index (χ0v) is 10.2. The Labute approximate surface area is 105 Å². The Morgan fingerprint density at radius 2 is 1.89 bits per heavy atom. The first-order valence-corrected chi connectivity index (χ1v) is 5.45. The van der Waals surface area contributed by atoms with Crippen molar-refractivity contribution in [2.45, 2.75) is 6.92 Å². The minimum Gasteiger partial charge on any atom is -0.477 e. The van der Waals surface area contributed by atoms with E-state index in [1.807, 2.05) is 30.3 Å². The molecule has 1 aromatic carbocycles. The van der Waals surface area contributed by atoms with Gasteiger partial charge in [0, 0.05) is 18.4 Å². The lowest BCUT2D eigenvalue weighted by molar-refractivity contribution is 0.0690. The van der Waals surface area contributed by atoms with Gasteiger partial charge in [-0.05, 0) is 25.1 Å². The first-order valence-electron chi connectivity index (χ1n) is 5.45. The van der Waals surface area contributed by atoms with Crippen LogP contribution in [0, 0.1) is 6.92 Å². The zero-order chi connectivity index (χ0) is 13.1. The Balaban J connectivity index is 2.42. The summed E-state index contributed by atoms with van der Waals surface area (Å²) in [5.74, 6) is -0.679. The largest absolute Gasteiger partial charge is 0.477 e. The van der Waals surface area contributed by atoms with Gasteiger partial charge in [-0.3, -0.25) is 0 Å².